The zero-order valence-electron chi connectivity index (χ0n) is 20.1. The Kier molecular flexibility index (Phi) is 7.99. The van der Waals surface area contributed by atoms with Crippen molar-refractivity contribution in [2.24, 2.45) is 0 Å². The zero-order chi connectivity index (χ0) is 27.3. The van der Waals surface area contributed by atoms with Crippen molar-refractivity contribution in [2.75, 3.05) is 6.54 Å². The number of alkyl halides is 2. The Morgan fingerprint density at radius 3 is 2.16 bits per heavy atom. The van der Waals surface area contributed by atoms with E-state index < -0.39 is 24.1 Å². The molecule has 0 radical (unpaired) electrons. The van der Waals surface area contributed by atoms with Crippen LogP contribution in [-0.2, 0) is 17.6 Å². The molecule has 4 rings (SSSR count). The van der Waals surface area contributed by atoms with Crippen molar-refractivity contribution in [2.45, 2.75) is 31.6 Å². The minimum Gasteiger partial charge on any atom is -0.477 e. The third-order valence-electron chi connectivity index (χ3n) is 5.95. The molecule has 38 heavy (non-hydrogen) atoms. The van der Waals surface area contributed by atoms with Crippen molar-refractivity contribution in [1.82, 2.24) is 15.3 Å². The van der Waals surface area contributed by atoms with Crippen molar-refractivity contribution in [3.63, 3.8) is 0 Å². The SMILES string of the molecule is O=C(NCCc1ccc(F)cc1)c1ccc2nc(-c3ccc(F)cc3)c(CCCC(F)(F)C(=O)O)nc2c1. The summed E-state index contributed by atoms with van der Waals surface area (Å²) in [5, 5.41) is 11.5. The first-order valence-corrected chi connectivity index (χ1v) is 11.8. The van der Waals surface area contributed by atoms with Crippen LogP contribution < -0.4 is 5.32 Å². The lowest BCUT2D eigenvalue weighted by Crippen LogP contribution is -2.28. The Balaban J connectivity index is 1.56. The molecule has 0 bridgehead atoms. The number of fused-ring (bicyclic) bond motifs is 1. The predicted molar refractivity (Wildman–Crippen MR) is 133 cm³/mol. The lowest BCUT2D eigenvalue weighted by atomic mass is 10.0. The summed E-state index contributed by atoms with van der Waals surface area (Å²) in [6.45, 7) is 0.320. The van der Waals surface area contributed by atoms with E-state index in [1.54, 1.807) is 24.3 Å². The third kappa shape index (κ3) is 6.50. The lowest BCUT2D eigenvalue weighted by molar-refractivity contribution is -0.165. The van der Waals surface area contributed by atoms with Gasteiger partial charge >= 0.3 is 11.9 Å². The first-order valence-electron chi connectivity index (χ1n) is 11.8. The molecule has 10 heteroatoms. The van der Waals surface area contributed by atoms with Crippen molar-refractivity contribution >= 4 is 22.9 Å². The van der Waals surface area contributed by atoms with E-state index in [0.717, 1.165) is 5.56 Å². The number of aliphatic carboxylic acids is 1. The summed E-state index contributed by atoms with van der Waals surface area (Å²) in [5.74, 6) is -7.23. The number of hydrogen-bond donors (Lipinski definition) is 2. The molecule has 0 aliphatic carbocycles. The number of nitrogens with zero attached hydrogens (tertiary/aromatic N) is 2. The van der Waals surface area contributed by atoms with E-state index in [2.05, 4.69) is 15.3 Å². The standard InChI is InChI=1S/C28H23F4N3O3/c29-20-8-3-17(4-9-20)13-15-33-26(36)19-7-12-22-24(16-19)34-23(2-1-14-28(31,32)27(37)38)25(35-22)18-5-10-21(30)11-6-18/h3-12,16H,1-2,13-15H2,(H,33,36)(H,37,38). The summed E-state index contributed by atoms with van der Waals surface area (Å²) in [4.78, 5) is 32.6. The molecule has 0 aliphatic rings. The number of amides is 1. The van der Waals surface area contributed by atoms with Gasteiger partial charge in [0.05, 0.1) is 22.4 Å². The molecule has 0 saturated heterocycles. The quantitative estimate of drug-likeness (QED) is 0.264. The van der Waals surface area contributed by atoms with Crippen LogP contribution in [0.4, 0.5) is 17.6 Å². The number of aromatic nitrogens is 2. The second kappa shape index (κ2) is 11.4. The van der Waals surface area contributed by atoms with Gasteiger partial charge in [-0.25, -0.2) is 23.5 Å². The average Bonchev–Trinajstić information content (AvgIpc) is 2.89. The van der Waals surface area contributed by atoms with E-state index in [4.69, 9.17) is 5.11 Å². The maximum atomic E-state index is 13.6. The molecule has 0 fully saturated rings. The van der Waals surface area contributed by atoms with E-state index in [1.807, 2.05) is 0 Å². The van der Waals surface area contributed by atoms with Crippen LogP contribution >= 0.6 is 0 Å². The van der Waals surface area contributed by atoms with Gasteiger partial charge in [0.2, 0.25) is 0 Å². The van der Waals surface area contributed by atoms with Crippen LogP contribution in [0, 0.1) is 11.6 Å². The van der Waals surface area contributed by atoms with Crippen LogP contribution in [0.5, 0.6) is 0 Å². The van der Waals surface area contributed by atoms with E-state index >= 15 is 0 Å². The molecule has 0 aliphatic heterocycles. The minimum absolute atomic E-state index is 0.00733. The number of nitrogens with one attached hydrogen (secondary N) is 1. The van der Waals surface area contributed by atoms with E-state index in [9.17, 15) is 27.2 Å². The molecule has 1 heterocycles. The number of carboxylic acids is 1. The summed E-state index contributed by atoms with van der Waals surface area (Å²) in [6.07, 6.45) is -0.573. The summed E-state index contributed by atoms with van der Waals surface area (Å²) in [6, 6.07) is 16.1. The van der Waals surface area contributed by atoms with Crippen molar-refractivity contribution < 1.29 is 32.3 Å². The normalized spacial score (nSPS) is 11.5. The molecule has 196 valence electrons. The van der Waals surface area contributed by atoms with Gasteiger partial charge in [-0.2, -0.15) is 8.78 Å². The number of halogens is 4. The van der Waals surface area contributed by atoms with Gasteiger partial charge in [0.1, 0.15) is 11.6 Å². The molecule has 0 spiro atoms. The number of carbonyl (C=O) groups is 2. The monoisotopic (exact) mass is 525 g/mol. The van der Waals surface area contributed by atoms with E-state index in [0.29, 0.717) is 46.5 Å². The molecule has 2 N–H and O–H groups in total. The van der Waals surface area contributed by atoms with Crippen molar-refractivity contribution in [3.05, 3.63) is 95.2 Å². The van der Waals surface area contributed by atoms with Gasteiger partial charge in [-0.15, -0.1) is 0 Å². The summed E-state index contributed by atoms with van der Waals surface area (Å²) >= 11 is 0. The highest BCUT2D eigenvalue weighted by molar-refractivity contribution is 5.97. The molecule has 4 aromatic rings. The number of aryl methyl sites for hydroxylation is 1. The fourth-order valence-electron chi connectivity index (χ4n) is 3.90. The summed E-state index contributed by atoms with van der Waals surface area (Å²) in [7, 11) is 0. The third-order valence-corrected chi connectivity index (χ3v) is 5.95. The van der Waals surface area contributed by atoms with Crippen LogP contribution in [-0.4, -0.2) is 39.4 Å². The van der Waals surface area contributed by atoms with Crippen molar-refractivity contribution in [3.8, 4) is 11.3 Å². The highest BCUT2D eigenvalue weighted by Crippen LogP contribution is 2.27. The topological polar surface area (TPSA) is 92.2 Å². The highest BCUT2D eigenvalue weighted by Gasteiger charge is 2.37. The second-order valence-corrected chi connectivity index (χ2v) is 8.72. The van der Waals surface area contributed by atoms with Gasteiger partial charge in [-0.1, -0.05) is 12.1 Å². The largest absolute Gasteiger partial charge is 0.477 e. The Labute approximate surface area is 215 Å². The van der Waals surface area contributed by atoms with Gasteiger partial charge in [0.25, 0.3) is 5.91 Å². The summed E-state index contributed by atoms with van der Waals surface area (Å²) in [5.41, 5.74) is 3.15. The number of hydrogen-bond acceptors (Lipinski definition) is 4. The number of rotatable bonds is 10. The van der Waals surface area contributed by atoms with Crippen LogP contribution in [0.1, 0.15) is 34.5 Å². The number of carboxylic acid groups (broad SMARTS) is 1. The first kappa shape index (κ1) is 26.7. The molecular formula is C28H23F4N3O3. The zero-order valence-corrected chi connectivity index (χ0v) is 20.1. The Bertz CT molecular complexity index is 1460. The molecule has 1 amide bonds. The van der Waals surface area contributed by atoms with Crippen molar-refractivity contribution in [1.29, 1.82) is 0 Å². The first-order chi connectivity index (χ1) is 18.1. The van der Waals surface area contributed by atoms with Crippen LogP contribution in [0.2, 0.25) is 0 Å². The molecule has 6 nitrogen and oxygen atoms in total. The van der Waals surface area contributed by atoms with Gasteiger partial charge < -0.3 is 10.4 Å². The van der Waals surface area contributed by atoms with Gasteiger partial charge in [0, 0.05) is 24.1 Å². The second-order valence-electron chi connectivity index (χ2n) is 8.72. The molecule has 0 unspecified atom stereocenters. The highest BCUT2D eigenvalue weighted by atomic mass is 19.3. The molecule has 1 aromatic heterocycles. The average molecular weight is 526 g/mol. The molecular weight excluding hydrogens is 502 g/mol. The van der Waals surface area contributed by atoms with E-state index in [1.165, 1.54) is 42.5 Å². The van der Waals surface area contributed by atoms with Gasteiger partial charge in [-0.05, 0) is 79.4 Å². The summed E-state index contributed by atoms with van der Waals surface area (Å²) < 4.78 is 53.7. The lowest BCUT2D eigenvalue weighted by Gasteiger charge is -2.13. The predicted octanol–water partition coefficient (Wildman–Crippen LogP) is 5.59. The Hall–Kier alpha value is -4.34. The number of carbonyl (C=O) groups excluding carboxylic acids is 1. The molecule has 0 atom stereocenters. The molecule has 0 saturated carbocycles. The smallest absolute Gasteiger partial charge is 0.374 e. The fourth-order valence-corrected chi connectivity index (χ4v) is 3.90. The van der Waals surface area contributed by atoms with E-state index in [-0.39, 0.29) is 24.6 Å². The Morgan fingerprint density at radius 2 is 1.50 bits per heavy atom. The Morgan fingerprint density at radius 1 is 0.842 bits per heavy atom. The van der Waals surface area contributed by atoms with Crippen LogP contribution in [0.25, 0.3) is 22.3 Å². The fraction of sp³-hybridized carbons (Fsp3) is 0.214. The molecule has 3 aromatic carbocycles. The van der Waals surface area contributed by atoms with Crippen LogP contribution in [0.3, 0.4) is 0 Å². The minimum atomic E-state index is -3.88. The van der Waals surface area contributed by atoms with Gasteiger partial charge in [0.15, 0.2) is 0 Å². The maximum absolute atomic E-state index is 13.6. The maximum Gasteiger partial charge on any atom is 0.374 e. The van der Waals surface area contributed by atoms with Gasteiger partial charge in [-0.3, -0.25) is 4.79 Å². The number of benzene rings is 3. The van der Waals surface area contributed by atoms with Crippen LogP contribution in [0.15, 0.2) is 66.7 Å².